The van der Waals surface area contributed by atoms with Gasteiger partial charge in [0.2, 0.25) is 0 Å². The molecule has 1 aromatic rings. The van der Waals surface area contributed by atoms with Crippen molar-refractivity contribution in [2.45, 2.75) is 12.8 Å². The molecule has 1 aliphatic rings. The third kappa shape index (κ3) is 5.02. The molecule has 0 aliphatic carbocycles. The second-order valence-corrected chi connectivity index (χ2v) is 5.07. The normalized spacial score (nSPS) is 16.9. The average molecular weight is 293 g/mol. The van der Waals surface area contributed by atoms with Gasteiger partial charge < -0.3 is 19.5 Å². The van der Waals surface area contributed by atoms with Crippen molar-refractivity contribution in [3.05, 3.63) is 29.8 Å². The van der Waals surface area contributed by atoms with Gasteiger partial charge in [-0.25, -0.2) is 0 Å². The molecule has 1 atom stereocenters. The zero-order chi connectivity index (χ0) is 14.9. The number of para-hydroxylation sites is 1. The van der Waals surface area contributed by atoms with E-state index in [-0.39, 0.29) is 11.9 Å². The lowest BCUT2D eigenvalue weighted by Gasteiger charge is -2.24. The molecule has 1 heterocycles. The number of rotatable bonds is 8. The van der Waals surface area contributed by atoms with Gasteiger partial charge in [-0.15, -0.1) is 0 Å². The topological polar surface area (TPSA) is 56.8 Å². The van der Waals surface area contributed by atoms with E-state index in [1.807, 2.05) is 24.3 Å². The summed E-state index contributed by atoms with van der Waals surface area (Å²) in [5.74, 6) is -0.233. The largest absolute Gasteiger partial charge is 0.465 e. The van der Waals surface area contributed by atoms with Gasteiger partial charge in [-0.05, 0) is 18.1 Å². The van der Waals surface area contributed by atoms with Gasteiger partial charge in [0.1, 0.15) is 0 Å². The van der Waals surface area contributed by atoms with Crippen molar-refractivity contribution in [2.24, 2.45) is 5.92 Å². The number of carbonyl (C=O) groups is 1. The quantitative estimate of drug-likeness (QED) is 0.586. The highest BCUT2D eigenvalue weighted by molar-refractivity contribution is 5.75. The molecule has 2 rings (SSSR count). The van der Waals surface area contributed by atoms with Crippen LogP contribution in [-0.4, -0.2) is 46.1 Å². The Kier molecular flexibility index (Phi) is 6.50. The summed E-state index contributed by atoms with van der Waals surface area (Å²) in [5.41, 5.74) is 2.29. The van der Waals surface area contributed by atoms with Gasteiger partial charge in [-0.2, -0.15) is 0 Å². The van der Waals surface area contributed by atoms with E-state index in [2.05, 4.69) is 5.32 Å². The predicted octanol–water partition coefficient (Wildman–Crippen LogP) is 1.87. The lowest BCUT2D eigenvalue weighted by molar-refractivity contribution is -0.148. The van der Waals surface area contributed by atoms with Crippen LogP contribution in [0.25, 0.3) is 0 Å². The van der Waals surface area contributed by atoms with Crippen molar-refractivity contribution < 1.29 is 19.0 Å². The van der Waals surface area contributed by atoms with Crippen molar-refractivity contribution in [3.8, 4) is 0 Å². The number of hydrogen-bond donors (Lipinski definition) is 1. The highest BCUT2D eigenvalue weighted by Gasteiger charge is 2.25. The maximum absolute atomic E-state index is 12.0. The van der Waals surface area contributed by atoms with E-state index in [9.17, 15) is 4.79 Å². The van der Waals surface area contributed by atoms with Crippen LogP contribution in [0.2, 0.25) is 0 Å². The smallest absolute Gasteiger partial charge is 0.311 e. The van der Waals surface area contributed by atoms with Crippen LogP contribution in [0.1, 0.15) is 12.0 Å². The first-order valence-electron chi connectivity index (χ1n) is 7.36. The maximum atomic E-state index is 12.0. The molecule has 0 saturated carbocycles. The molecule has 21 heavy (non-hydrogen) atoms. The first-order chi connectivity index (χ1) is 10.3. The van der Waals surface area contributed by atoms with E-state index >= 15 is 0 Å². The highest BCUT2D eigenvalue weighted by atomic mass is 16.5. The van der Waals surface area contributed by atoms with Gasteiger partial charge in [-0.1, -0.05) is 18.2 Å². The van der Waals surface area contributed by atoms with Crippen LogP contribution in [0, 0.1) is 5.92 Å². The third-order valence-electron chi connectivity index (χ3n) is 3.47. The molecule has 1 aliphatic heterocycles. The molecular weight excluding hydrogens is 270 g/mol. The third-order valence-corrected chi connectivity index (χ3v) is 3.47. The van der Waals surface area contributed by atoms with E-state index in [0.717, 1.165) is 12.1 Å². The molecule has 0 fully saturated rings. The fourth-order valence-corrected chi connectivity index (χ4v) is 2.30. The van der Waals surface area contributed by atoms with Gasteiger partial charge in [0, 0.05) is 32.4 Å². The molecule has 0 bridgehead atoms. The van der Waals surface area contributed by atoms with Gasteiger partial charge in [0.05, 0.1) is 25.7 Å². The van der Waals surface area contributed by atoms with Crippen LogP contribution in [0.15, 0.2) is 24.3 Å². The number of carbonyl (C=O) groups excluding carboxylic acids is 1. The lowest BCUT2D eigenvalue weighted by atomic mass is 9.94. The Morgan fingerprint density at radius 1 is 1.24 bits per heavy atom. The summed E-state index contributed by atoms with van der Waals surface area (Å²) in [7, 11) is 1.64. The summed E-state index contributed by atoms with van der Waals surface area (Å²) in [6.07, 6.45) is 1.46. The minimum Gasteiger partial charge on any atom is -0.465 e. The van der Waals surface area contributed by atoms with Crippen LogP contribution in [0.5, 0.6) is 0 Å². The summed E-state index contributed by atoms with van der Waals surface area (Å²) in [6, 6.07) is 8.07. The molecule has 1 aromatic carbocycles. The molecule has 0 amide bonds. The van der Waals surface area contributed by atoms with Gasteiger partial charge >= 0.3 is 5.97 Å². The van der Waals surface area contributed by atoms with E-state index < -0.39 is 0 Å². The zero-order valence-electron chi connectivity index (χ0n) is 12.5. The van der Waals surface area contributed by atoms with E-state index in [1.54, 1.807) is 7.11 Å². The fourth-order valence-electron chi connectivity index (χ4n) is 2.30. The van der Waals surface area contributed by atoms with Crippen molar-refractivity contribution in [1.29, 1.82) is 0 Å². The summed E-state index contributed by atoms with van der Waals surface area (Å²) >= 11 is 0. The van der Waals surface area contributed by atoms with E-state index in [0.29, 0.717) is 39.4 Å². The standard InChI is InChI=1S/C16H23NO4/c1-19-9-10-20-7-4-8-21-16(18)14-11-13-5-2-3-6-15(13)17-12-14/h2-3,5-6,14,17H,4,7-12H2,1H3. The Morgan fingerprint density at radius 2 is 2.10 bits per heavy atom. The lowest BCUT2D eigenvalue weighted by Crippen LogP contribution is -2.31. The Balaban J connectivity index is 1.64. The summed E-state index contributed by atoms with van der Waals surface area (Å²) in [6.45, 7) is 2.80. The monoisotopic (exact) mass is 293 g/mol. The Bertz CT molecular complexity index is 450. The molecule has 0 saturated heterocycles. The van der Waals surface area contributed by atoms with Crippen LogP contribution in [-0.2, 0) is 25.4 Å². The van der Waals surface area contributed by atoms with Gasteiger partial charge in [0.15, 0.2) is 0 Å². The Hall–Kier alpha value is -1.59. The average Bonchev–Trinajstić information content (AvgIpc) is 2.53. The number of esters is 1. The first kappa shape index (κ1) is 15.8. The molecule has 5 heteroatoms. The van der Waals surface area contributed by atoms with E-state index in [1.165, 1.54) is 5.56 Å². The zero-order valence-corrected chi connectivity index (χ0v) is 12.5. The summed E-state index contributed by atoms with van der Waals surface area (Å²) < 4.78 is 15.5. The molecule has 116 valence electrons. The predicted molar refractivity (Wildman–Crippen MR) is 80.4 cm³/mol. The number of hydrogen-bond acceptors (Lipinski definition) is 5. The number of anilines is 1. The maximum Gasteiger partial charge on any atom is 0.311 e. The Morgan fingerprint density at radius 3 is 2.95 bits per heavy atom. The number of benzene rings is 1. The molecule has 0 radical (unpaired) electrons. The van der Waals surface area contributed by atoms with Crippen LogP contribution < -0.4 is 5.32 Å². The van der Waals surface area contributed by atoms with Crippen LogP contribution in [0.3, 0.4) is 0 Å². The van der Waals surface area contributed by atoms with Crippen molar-refractivity contribution in [3.63, 3.8) is 0 Å². The molecule has 5 nitrogen and oxygen atoms in total. The molecule has 0 aromatic heterocycles. The van der Waals surface area contributed by atoms with Gasteiger partial charge in [0.25, 0.3) is 0 Å². The molecule has 1 unspecified atom stereocenters. The Labute approximate surface area is 125 Å². The first-order valence-corrected chi connectivity index (χ1v) is 7.36. The fraction of sp³-hybridized carbons (Fsp3) is 0.562. The second-order valence-electron chi connectivity index (χ2n) is 5.07. The van der Waals surface area contributed by atoms with Crippen LogP contribution in [0.4, 0.5) is 5.69 Å². The molecular formula is C16H23NO4. The minimum atomic E-state index is -0.131. The van der Waals surface area contributed by atoms with Crippen molar-refractivity contribution >= 4 is 11.7 Å². The van der Waals surface area contributed by atoms with Crippen molar-refractivity contribution in [2.75, 3.05) is 45.4 Å². The molecule has 0 spiro atoms. The number of fused-ring (bicyclic) bond motifs is 1. The van der Waals surface area contributed by atoms with Gasteiger partial charge in [-0.3, -0.25) is 4.79 Å². The summed E-state index contributed by atoms with van der Waals surface area (Å²) in [5, 5.41) is 3.28. The SMILES string of the molecule is COCCOCCCOC(=O)C1CNc2ccccc2C1. The number of methoxy groups -OCH3 is 1. The number of ether oxygens (including phenoxy) is 3. The molecule has 1 N–H and O–H groups in total. The second kappa shape index (κ2) is 8.64. The van der Waals surface area contributed by atoms with Crippen molar-refractivity contribution in [1.82, 2.24) is 0 Å². The van der Waals surface area contributed by atoms with E-state index in [4.69, 9.17) is 14.2 Å². The van der Waals surface area contributed by atoms with Crippen LogP contribution >= 0.6 is 0 Å². The minimum absolute atomic E-state index is 0.102. The number of nitrogens with one attached hydrogen (secondary N) is 1. The summed E-state index contributed by atoms with van der Waals surface area (Å²) in [4.78, 5) is 12.0. The highest BCUT2D eigenvalue weighted by Crippen LogP contribution is 2.24.